The number of carbonyl (C=O) groups excluding carboxylic acids is 2. The summed E-state index contributed by atoms with van der Waals surface area (Å²) in [5.74, 6) is -2.58. The second-order valence-corrected chi connectivity index (χ2v) is 12.4. The molecule has 2 amide bonds. The molecule has 3 fully saturated rings. The Morgan fingerprint density at radius 2 is 1.60 bits per heavy atom. The molecule has 3 aromatic carbocycles. The van der Waals surface area contributed by atoms with Crippen molar-refractivity contribution in [2.24, 2.45) is 0 Å². The predicted molar refractivity (Wildman–Crippen MR) is 170 cm³/mol. The zero-order valence-electron chi connectivity index (χ0n) is 26.5. The minimum absolute atomic E-state index is 0.0267. The van der Waals surface area contributed by atoms with Gasteiger partial charge in [0.25, 0.3) is 0 Å². The fourth-order valence-electron chi connectivity index (χ4n) is 6.63. The van der Waals surface area contributed by atoms with Crippen LogP contribution in [0.25, 0.3) is 11.1 Å². The highest BCUT2D eigenvalue weighted by Crippen LogP contribution is 2.39. The fraction of sp³-hybridized carbons (Fsp3) is 0.444. The molecule has 4 atom stereocenters. The van der Waals surface area contributed by atoms with Gasteiger partial charge in [-0.1, -0.05) is 72.8 Å². The summed E-state index contributed by atoms with van der Waals surface area (Å²) in [6, 6.07) is 22.0. The molecule has 3 saturated heterocycles. The predicted octanol–water partition coefficient (Wildman–Crippen LogP) is 4.89. The van der Waals surface area contributed by atoms with Gasteiger partial charge in [0.2, 0.25) is 5.91 Å². The normalized spacial score (nSPS) is 23.6. The lowest BCUT2D eigenvalue weighted by Gasteiger charge is -2.39. The molecule has 3 aliphatic heterocycles. The first kappa shape index (κ1) is 34.1. The molecule has 3 aromatic rings. The first-order valence-corrected chi connectivity index (χ1v) is 16.3. The number of hydrogen-bond acceptors (Lipinski definition) is 7. The molecule has 0 saturated carbocycles. The van der Waals surface area contributed by atoms with Gasteiger partial charge in [-0.05, 0) is 40.7 Å². The van der Waals surface area contributed by atoms with Gasteiger partial charge >= 0.3 is 12.1 Å². The van der Waals surface area contributed by atoms with Gasteiger partial charge in [0.1, 0.15) is 6.04 Å². The van der Waals surface area contributed by atoms with Gasteiger partial charge in [-0.3, -0.25) is 14.5 Å². The van der Waals surface area contributed by atoms with Crippen LogP contribution in [0, 0.1) is 0 Å². The Labute approximate surface area is 277 Å². The molecule has 0 aromatic heterocycles. The van der Waals surface area contributed by atoms with E-state index in [1.54, 1.807) is 0 Å². The molecule has 0 radical (unpaired) electrons. The van der Waals surface area contributed by atoms with Crippen LogP contribution in [-0.4, -0.2) is 84.4 Å². The fourth-order valence-corrected chi connectivity index (χ4v) is 6.63. The molecule has 0 unspecified atom stereocenters. The number of halogens is 3. The second-order valence-electron chi connectivity index (χ2n) is 12.4. The van der Waals surface area contributed by atoms with Crippen LogP contribution in [-0.2, 0) is 37.0 Å². The zero-order valence-corrected chi connectivity index (χ0v) is 26.5. The average Bonchev–Trinajstić information content (AvgIpc) is 3.60. The number of carbonyl (C=O) groups is 2. The molecule has 3 aliphatic rings. The molecule has 0 aliphatic carbocycles. The third kappa shape index (κ3) is 8.07. The maximum absolute atomic E-state index is 13.1. The summed E-state index contributed by atoms with van der Waals surface area (Å²) in [6.45, 7) is 3.81. The van der Waals surface area contributed by atoms with Gasteiger partial charge < -0.3 is 29.5 Å². The highest BCUT2D eigenvalue weighted by molar-refractivity contribution is 5.90. The summed E-state index contributed by atoms with van der Waals surface area (Å²) in [6.07, 6.45) is -4.70. The van der Waals surface area contributed by atoms with Gasteiger partial charge in [-0.2, -0.15) is 13.2 Å². The number of alkyl halides is 3. The van der Waals surface area contributed by atoms with Crippen LogP contribution in [0.5, 0.6) is 0 Å². The van der Waals surface area contributed by atoms with Gasteiger partial charge in [-0.25, -0.2) is 0 Å². The first-order valence-electron chi connectivity index (χ1n) is 16.3. The van der Waals surface area contributed by atoms with Crippen molar-refractivity contribution in [2.75, 3.05) is 39.4 Å². The molecular formula is C36H40F3N3O6. The lowest BCUT2D eigenvalue weighted by molar-refractivity contribution is -0.253. The number of aliphatic hydroxyl groups is 1. The van der Waals surface area contributed by atoms with Crippen LogP contribution in [0.3, 0.4) is 0 Å². The van der Waals surface area contributed by atoms with Crippen molar-refractivity contribution in [1.82, 2.24) is 15.1 Å². The smallest absolute Gasteiger partial charge is 0.392 e. The summed E-state index contributed by atoms with van der Waals surface area (Å²) < 4.78 is 57.7. The van der Waals surface area contributed by atoms with Crippen LogP contribution in [0.15, 0.2) is 72.8 Å². The maximum atomic E-state index is 13.1. The maximum Gasteiger partial charge on any atom is 0.471 e. The van der Waals surface area contributed by atoms with Crippen molar-refractivity contribution in [2.45, 2.75) is 63.1 Å². The van der Waals surface area contributed by atoms with Crippen molar-refractivity contribution in [1.29, 1.82) is 0 Å². The van der Waals surface area contributed by atoms with E-state index in [4.69, 9.17) is 14.2 Å². The summed E-state index contributed by atoms with van der Waals surface area (Å²) in [5.41, 5.74) is 5.23. The molecule has 3 heterocycles. The number of amides is 2. The van der Waals surface area contributed by atoms with Crippen molar-refractivity contribution < 1.29 is 42.1 Å². The monoisotopic (exact) mass is 667 g/mol. The number of likely N-dealkylation sites (tertiary alicyclic amines) is 1. The van der Waals surface area contributed by atoms with E-state index >= 15 is 0 Å². The largest absolute Gasteiger partial charge is 0.471 e. The minimum Gasteiger partial charge on any atom is -0.392 e. The van der Waals surface area contributed by atoms with E-state index in [0.717, 1.165) is 53.0 Å². The van der Waals surface area contributed by atoms with Crippen molar-refractivity contribution in [3.8, 4) is 11.1 Å². The first-order chi connectivity index (χ1) is 23.2. The number of nitrogens with one attached hydrogen (secondary N) is 1. The van der Waals surface area contributed by atoms with Crippen molar-refractivity contribution in [3.05, 3.63) is 95.1 Å². The quantitative estimate of drug-likeness (QED) is 0.335. The van der Waals surface area contributed by atoms with Crippen molar-refractivity contribution in [3.63, 3.8) is 0 Å². The molecule has 6 rings (SSSR count). The number of morpholine rings is 1. The van der Waals surface area contributed by atoms with E-state index in [9.17, 15) is 27.9 Å². The molecule has 9 nitrogen and oxygen atoms in total. The number of aliphatic hydroxyl groups excluding tert-OH is 1. The van der Waals surface area contributed by atoms with Crippen LogP contribution < -0.4 is 5.32 Å². The SMILES string of the molecule is O=C(NCc1ccccc1-c1ccc([C@H]2O[C@@H](CN3CCOCC3)C[C@@H](c3ccc(CO)cc3)O2)cc1)[C@@H]1CCCN1C(=O)C(F)(F)F. The Morgan fingerprint density at radius 1 is 0.896 bits per heavy atom. The Hall–Kier alpha value is -3.81. The lowest BCUT2D eigenvalue weighted by Crippen LogP contribution is -2.50. The number of rotatable bonds is 9. The summed E-state index contributed by atoms with van der Waals surface area (Å²) in [4.78, 5) is 27.7. The summed E-state index contributed by atoms with van der Waals surface area (Å²) in [5, 5.41) is 12.2. The van der Waals surface area contributed by atoms with Crippen LogP contribution in [0.1, 0.15) is 53.9 Å². The molecule has 0 spiro atoms. The number of benzene rings is 3. The molecular weight excluding hydrogens is 627 g/mol. The Balaban J connectivity index is 1.15. The van der Waals surface area contributed by atoms with Gasteiger partial charge in [-0.15, -0.1) is 0 Å². The Morgan fingerprint density at radius 3 is 2.31 bits per heavy atom. The molecule has 2 N–H and O–H groups in total. The summed E-state index contributed by atoms with van der Waals surface area (Å²) in [7, 11) is 0. The number of hydrogen-bond donors (Lipinski definition) is 2. The van der Waals surface area contributed by atoms with E-state index in [1.807, 2.05) is 72.8 Å². The van der Waals surface area contributed by atoms with E-state index in [0.29, 0.717) is 31.0 Å². The molecule has 12 heteroatoms. The Kier molecular flexibility index (Phi) is 10.8. The highest BCUT2D eigenvalue weighted by atomic mass is 19.4. The number of ether oxygens (including phenoxy) is 3. The molecule has 0 bridgehead atoms. The second kappa shape index (κ2) is 15.2. The molecule has 256 valence electrons. The number of nitrogens with zero attached hydrogens (tertiary/aromatic N) is 2. The molecule has 48 heavy (non-hydrogen) atoms. The minimum atomic E-state index is -5.02. The average molecular weight is 668 g/mol. The topological polar surface area (TPSA) is 101 Å². The third-order valence-electron chi connectivity index (χ3n) is 9.20. The lowest BCUT2D eigenvalue weighted by atomic mass is 9.97. The van der Waals surface area contributed by atoms with Gasteiger partial charge in [0.05, 0.1) is 32.0 Å². The van der Waals surface area contributed by atoms with Gasteiger partial charge in [0.15, 0.2) is 6.29 Å². The van der Waals surface area contributed by atoms with E-state index in [2.05, 4.69) is 10.2 Å². The van der Waals surface area contributed by atoms with Gasteiger partial charge in [0, 0.05) is 44.7 Å². The third-order valence-corrected chi connectivity index (χ3v) is 9.20. The van der Waals surface area contributed by atoms with Crippen LogP contribution >= 0.6 is 0 Å². The Bertz CT molecular complexity index is 1550. The van der Waals surface area contributed by atoms with E-state index in [-0.39, 0.29) is 38.3 Å². The summed E-state index contributed by atoms with van der Waals surface area (Å²) >= 11 is 0. The zero-order chi connectivity index (χ0) is 33.7. The van der Waals surface area contributed by atoms with Crippen LogP contribution in [0.4, 0.5) is 13.2 Å². The van der Waals surface area contributed by atoms with E-state index < -0.39 is 30.3 Å². The van der Waals surface area contributed by atoms with E-state index in [1.165, 1.54) is 0 Å². The van der Waals surface area contributed by atoms with Crippen molar-refractivity contribution >= 4 is 11.8 Å². The highest BCUT2D eigenvalue weighted by Gasteiger charge is 2.47. The van der Waals surface area contributed by atoms with Crippen LogP contribution in [0.2, 0.25) is 0 Å². The standard InChI is InChI=1S/C36H40F3N3O6/c37-36(38,39)35(45)42-15-3-6-31(42)33(44)40-21-28-4-1-2-5-30(28)25-11-13-27(14-12-25)34-47-29(22-41-16-18-46-19-17-41)20-32(48-34)26-9-7-24(23-43)8-10-26/h1-2,4-5,7-14,29,31-32,34,43H,3,6,15-23H2,(H,40,44)/t29-,31+,32+,34+/m1/s1.